The normalized spacial score (nSPS) is 14.5. The van der Waals surface area contributed by atoms with Crippen LogP contribution in [-0.4, -0.2) is 18.9 Å². The van der Waals surface area contributed by atoms with Gasteiger partial charge in [-0.25, -0.2) is 0 Å². The summed E-state index contributed by atoms with van der Waals surface area (Å²) in [6.07, 6.45) is 1.02. The van der Waals surface area contributed by atoms with E-state index in [1.165, 1.54) is 7.11 Å². The van der Waals surface area contributed by atoms with Gasteiger partial charge in [0.2, 0.25) is 11.8 Å². The fourth-order valence-corrected chi connectivity index (χ4v) is 3.17. The molecule has 136 valence electrons. The lowest BCUT2D eigenvalue weighted by molar-refractivity contribution is -0.131. The Kier molecular flexibility index (Phi) is 4.92. The molecule has 0 spiro atoms. The summed E-state index contributed by atoms with van der Waals surface area (Å²) in [5.74, 6) is -0.144. The van der Waals surface area contributed by atoms with E-state index >= 15 is 0 Å². The number of methoxy groups -OCH3 is 1. The molecule has 26 heavy (non-hydrogen) atoms. The second-order valence-electron chi connectivity index (χ2n) is 6.71. The van der Waals surface area contributed by atoms with Gasteiger partial charge in [-0.1, -0.05) is 17.7 Å². The van der Waals surface area contributed by atoms with Crippen LogP contribution in [0.5, 0.6) is 5.75 Å². The highest BCUT2D eigenvalue weighted by Crippen LogP contribution is 2.48. The number of carbonyl (C=O) groups excluding carboxylic acids is 2. The predicted octanol–water partition coefficient (Wildman–Crippen LogP) is 4.32. The van der Waals surface area contributed by atoms with Crippen LogP contribution in [0.3, 0.4) is 0 Å². The molecule has 1 aliphatic rings. The Bertz CT molecular complexity index is 855. The van der Waals surface area contributed by atoms with Crippen LogP contribution >= 0.6 is 11.6 Å². The van der Waals surface area contributed by atoms with Gasteiger partial charge in [-0.05, 0) is 68.1 Å². The van der Waals surface area contributed by atoms with Crippen molar-refractivity contribution in [1.29, 1.82) is 0 Å². The number of carbonyl (C=O) groups is 2. The number of hydrogen-bond acceptors (Lipinski definition) is 3. The first kappa shape index (κ1) is 18.3. The van der Waals surface area contributed by atoms with Gasteiger partial charge in [-0.2, -0.15) is 0 Å². The average molecular weight is 373 g/mol. The van der Waals surface area contributed by atoms with Crippen molar-refractivity contribution in [1.82, 2.24) is 0 Å². The molecule has 1 fully saturated rings. The molecule has 5 nitrogen and oxygen atoms in total. The van der Waals surface area contributed by atoms with Gasteiger partial charge in [0.05, 0.1) is 12.8 Å². The second-order valence-corrected chi connectivity index (χ2v) is 7.15. The van der Waals surface area contributed by atoms with Crippen LogP contribution < -0.4 is 15.4 Å². The molecule has 2 aromatic rings. The number of aryl methyl sites for hydroxylation is 2. The van der Waals surface area contributed by atoms with Gasteiger partial charge < -0.3 is 15.4 Å². The molecule has 2 amide bonds. The molecule has 3 rings (SSSR count). The summed E-state index contributed by atoms with van der Waals surface area (Å²) in [5, 5.41) is 6.14. The first-order chi connectivity index (χ1) is 12.3. The predicted molar refractivity (Wildman–Crippen MR) is 103 cm³/mol. The van der Waals surface area contributed by atoms with E-state index in [2.05, 4.69) is 10.6 Å². The van der Waals surface area contributed by atoms with Crippen molar-refractivity contribution < 1.29 is 14.3 Å². The van der Waals surface area contributed by atoms with Crippen LogP contribution in [0.1, 0.15) is 24.0 Å². The zero-order valence-electron chi connectivity index (χ0n) is 15.0. The van der Waals surface area contributed by atoms with E-state index in [4.69, 9.17) is 16.3 Å². The third-order valence-corrected chi connectivity index (χ3v) is 4.74. The average Bonchev–Trinajstić information content (AvgIpc) is 3.36. The maximum Gasteiger partial charge on any atom is 0.240 e. The van der Waals surface area contributed by atoms with Crippen molar-refractivity contribution in [2.45, 2.75) is 26.7 Å². The van der Waals surface area contributed by atoms with E-state index in [0.29, 0.717) is 35.0 Å². The third-order valence-electron chi connectivity index (χ3n) is 4.51. The minimum atomic E-state index is -1.05. The molecular formula is C20H21ClN2O3. The Morgan fingerprint density at radius 2 is 1.62 bits per heavy atom. The standard InChI is InChI=1S/C20H21ClN2O3/c1-12-8-13(2)10-15(9-12)22-18(24)20(6-7-20)19(25)23-16-11-14(21)4-5-17(16)26-3/h4-5,8-11H,6-7H2,1-3H3,(H,22,24)(H,23,25). The zero-order chi connectivity index (χ0) is 18.9. The molecule has 0 unspecified atom stereocenters. The van der Waals surface area contributed by atoms with Crippen LogP contribution in [0.4, 0.5) is 11.4 Å². The first-order valence-corrected chi connectivity index (χ1v) is 8.76. The van der Waals surface area contributed by atoms with Gasteiger partial charge in [-0.3, -0.25) is 9.59 Å². The van der Waals surface area contributed by atoms with Crippen LogP contribution in [0, 0.1) is 19.3 Å². The summed E-state index contributed by atoms with van der Waals surface area (Å²) in [6.45, 7) is 3.93. The number of benzene rings is 2. The molecule has 0 heterocycles. The van der Waals surface area contributed by atoms with Crippen molar-refractivity contribution in [2.24, 2.45) is 5.41 Å². The summed E-state index contributed by atoms with van der Waals surface area (Å²) < 4.78 is 5.24. The van der Waals surface area contributed by atoms with Gasteiger partial charge in [0.25, 0.3) is 0 Å². The molecule has 1 saturated carbocycles. The molecule has 0 saturated heterocycles. The zero-order valence-corrected chi connectivity index (χ0v) is 15.7. The molecule has 0 bridgehead atoms. The molecule has 0 aliphatic heterocycles. The molecule has 0 radical (unpaired) electrons. The fourth-order valence-electron chi connectivity index (χ4n) is 3.00. The molecule has 0 atom stereocenters. The molecule has 2 aromatic carbocycles. The lowest BCUT2D eigenvalue weighted by atomic mass is 10.0. The van der Waals surface area contributed by atoms with Crippen molar-refractivity contribution in [3.63, 3.8) is 0 Å². The molecule has 2 N–H and O–H groups in total. The SMILES string of the molecule is COc1ccc(Cl)cc1NC(=O)C1(C(=O)Nc2cc(C)cc(C)c2)CC1. The molecule has 1 aliphatic carbocycles. The Hall–Kier alpha value is -2.53. The van der Waals surface area contributed by atoms with E-state index in [1.807, 2.05) is 32.0 Å². The number of hydrogen-bond donors (Lipinski definition) is 2. The minimum Gasteiger partial charge on any atom is -0.495 e. The van der Waals surface area contributed by atoms with E-state index in [0.717, 1.165) is 11.1 Å². The van der Waals surface area contributed by atoms with Crippen molar-refractivity contribution >= 4 is 34.8 Å². The van der Waals surface area contributed by atoms with Gasteiger partial charge in [0.15, 0.2) is 0 Å². The van der Waals surface area contributed by atoms with Crippen molar-refractivity contribution in [2.75, 3.05) is 17.7 Å². The highest BCUT2D eigenvalue weighted by molar-refractivity contribution is 6.31. The Morgan fingerprint density at radius 3 is 2.19 bits per heavy atom. The molecule has 0 aromatic heterocycles. The van der Waals surface area contributed by atoms with E-state index in [1.54, 1.807) is 18.2 Å². The summed E-state index contributed by atoms with van der Waals surface area (Å²) in [4.78, 5) is 25.5. The highest BCUT2D eigenvalue weighted by atomic mass is 35.5. The lowest BCUT2D eigenvalue weighted by Gasteiger charge is -2.17. The molecular weight excluding hydrogens is 352 g/mol. The Morgan fingerprint density at radius 1 is 1.00 bits per heavy atom. The van der Waals surface area contributed by atoms with E-state index in [-0.39, 0.29) is 11.8 Å². The minimum absolute atomic E-state index is 0.291. The Labute approximate surface area is 157 Å². The number of nitrogens with one attached hydrogen (secondary N) is 2. The number of anilines is 2. The first-order valence-electron chi connectivity index (χ1n) is 8.39. The van der Waals surface area contributed by atoms with Crippen molar-refractivity contribution in [3.05, 3.63) is 52.5 Å². The lowest BCUT2D eigenvalue weighted by Crippen LogP contribution is -2.35. The maximum absolute atomic E-state index is 12.8. The number of halogens is 1. The smallest absolute Gasteiger partial charge is 0.240 e. The van der Waals surface area contributed by atoms with Crippen LogP contribution in [0.25, 0.3) is 0 Å². The van der Waals surface area contributed by atoms with E-state index < -0.39 is 5.41 Å². The summed E-state index contributed by atoms with van der Waals surface area (Å²) in [7, 11) is 1.51. The van der Waals surface area contributed by atoms with Gasteiger partial charge >= 0.3 is 0 Å². The monoisotopic (exact) mass is 372 g/mol. The van der Waals surface area contributed by atoms with Gasteiger partial charge in [-0.15, -0.1) is 0 Å². The Balaban J connectivity index is 1.76. The van der Waals surface area contributed by atoms with Crippen LogP contribution in [0.15, 0.2) is 36.4 Å². The second kappa shape index (κ2) is 7.00. The fraction of sp³-hybridized carbons (Fsp3) is 0.300. The van der Waals surface area contributed by atoms with Crippen LogP contribution in [0.2, 0.25) is 5.02 Å². The number of ether oxygens (including phenoxy) is 1. The van der Waals surface area contributed by atoms with Gasteiger partial charge in [0.1, 0.15) is 11.2 Å². The topological polar surface area (TPSA) is 67.4 Å². The summed E-state index contributed by atoms with van der Waals surface area (Å²) in [5.41, 5.74) is 2.21. The summed E-state index contributed by atoms with van der Waals surface area (Å²) >= 11 is 6.00. The quantitative estimate of drug-likeness (QED) is 0.768. The van der Waals surface area contributed by atoms with Crippen molar-refractivity contribution in [3.8, 4) is 5.75 Å². The van der Waals surface area contributed by atoms with Crippen LogP contribution in [-0.2, 0) is 9.59 Å². The molecule has 6 heteroatoms. The number of amides is 2. The number of rotatable bonds is 5. The van der Waals surface area contributed by atoms with Gasteiger partial charge in [0, 0.05) is 10.7 Å². The van der Waals surface area contributed by atoms with E-state index in [9.17, 15) is 9.59 Å². The highest BCUT2D eigenvalue weighted by Gasteiger charge is 2.56. The summed E-state index contributed by atoms with van der Waals surface area (Å²) in [6, 6.07) is 10.8. The third kappa shape index (κ3) is 3.68. The maximum atomic E-state index is 12.8. The largest absolute Gasteiger partial charge is 0.495 e.